The summed E-state index contributed by atoms with van der Waals surface area (Å²) in [6.07, 6.45) is 2.93. The van der Waals surface area contributed by atoms with Crippen LogP contribution < -0.4 is 4.90 Å². The molecular weight excluding hydrogens is 230 g/mol. The van der Waals surface area contributed by atoms with Gasteiger partial charge in [0.15, 0.2) is 0 Å². The van der Waals surface area contributed by atoms with Crippen molar-refractivity contribution >= 4 is 17.4 Å². The second-order valence-electron chi connectivity index (χ2n) is 4.55. The number of benzene rings is 1. The smallest absolute Gasteiger partial charge is 0.372 e. The summed E-state index contributed by atoms with van der Waals surface area (Å²) in [6.45, 7) is 1.73. The van der Waals surface area contributed by atoms with Crippen molar-refractivity contribution in [2.45, 2.75) is 25.7 Å². The van der Waals surface area contributed by atoms with Crippen molar-refractivity contribution in [3.8, 4) is 0 Å². The molecule has 0 unspecified atom stereocenters. The molecule has 0 spiro atoms. The number of carbonyl (C=O) groups excluding carboxylic acids is 1. The van der Waals surface area contributed by atoms with Crippen LogP contribution in [-0.2, 0) is 16.0 Å². The Labute approximate surface area is 106 Å². The number of hydrogen-bond donors (Lipinski definition) is 1. The van der Waals surface area contributed by atoms with E-state index < -0.39 is 11.8 Å². The number of nitrogens with zero attached hydrogens (tertiary/aromatic N) is 1. The summed E-state index contributed by atoms with van der Waals surface area (Å²) in [5, 5.41) is 8.51. The first-order valence-electron chi connectivity index (χ1n) is 6.27. The Kier molecular flexibility index (Phi) is 3.97. The van der Waals surface area contributed by atoms with E-state index in [0.717, 1.165) is 25.9 Å². The maximum absolute atomic E-state index is 11.0. The summed E-state index contributed by atoms with van der Waals surface area (Å²) in [7, 11) is 0. The highest BCUT2D eigenvalue weighted by atomic mass is 16.4. The molecule has 0 fully saturated rings. The minimum absolute atomic E-state index is 0.119. The Hall–Kier alpha value is -1.84. The average Bonchev–Trinajstić information content (AvgIpc) is 2.38. The van der Waals surface area contributed by atoms with E-state index in [9.17, 15) is 9.59 Å². The molecule has 0 aliphatic carbocycles. The van der Waals surface area contributed by atoms with Crippen molar-refractivity contribution in [1.82, 2.24) is 0 Å². The summed E-state index contributed by atoms with van der Waals surface area (Å²) in [5.41, 5.74) is 2.57. The van der Waals surface area contributed by atoms with E-state index >= 15 is 0 Å². The summed E-state index contributed by atoms with van der Waals surface area (Å²) in [5.74, 6) is -2.02. The van der Waals surface area contributed by atoms with Gasteiger partial charge in [0.2, 0.25) is 5.78 Å². The molecule has 1 aliphatic rings. The number of Topliss-reactive ketones (excluding diaryl/α,β-unsaturated/α-hetero) is 1. The monoisotopic (exact) mass is 247 g/mol. The van der Waals surface area contributed by atoms with Gasteiger partial charge in [-0.15, -0.1) is 0 Å². The highest BCUT2D eigenvalue weighted by Gasteiger charge is 2.17. The van der Waals surface area contributed by atoms with Crippen molar-refractivity contribution < 1.29 is 14.7 Å². The van der Waals surface area contributed by atoms with Gasteiger partial charge in [-0.3, -0.25) is 4.79 Å². The Morgan fingerprint density at radius 2 is 2.06 bits per heavy atom. The van der Waals surface area contributed by atoms with Crippen LogP contribution in [-0.4, -0.2) is 29.9 Å². The van der Waals surface area contributed by atoms with Gasteiger partial charge >= 0.3 is 5.97 Å². The van der Waals surface area contributed by atoms with E-state index in [1.54, 1.807) is 0 Å². The third-order valence-corrected chi connectivity index (χ3v) is 3.28. The standard InChI is InChI=1S/C14H17NO3/c16-13(14(17)18)8-4-10-15-9-3-6-11-5-1-2-7-12(11)15/h1-2,5,7H,3-4,6,8-10H2,(H,17,18). The van der Waals surface area contributed by atoms with Gasteiger partial charge < -0.3 is 10.0 Å². The molecular formula is C14H17NO3. The fourth-order valence-electron chi connectivity index (χ4n) is 2.38. The predicted molar refractivity (Wildman–Crippen MR) is 68.9 cm³/mol. The number of anilines is 1. The first-order chi connectivity index (χ1) is 8.68. The molecule has 0 bridgehead atoms. The zero-order valence-electron chi connectivity index (χ0n) is 10.3. The number of rotatable bonds is 5. The van der Waals surface area contributed by atoms with Gasteiger partial charge in [-0.1, -0.05) is 18.2 Å². The van der Waals surface area contributed by atoms with E-state index in [4.69, 9.17) is 5.11 Å². The van der Waals surface area contributed by atoms with Gasteiger partial charge in [-0.25, -0.2) is 4.79 Å². The van der Waals surface area contributed by atoms with Crippen LogP contribution in [0.5, 0.6) is 0 Å². The summed E-state index contributed by atoms with van der Waals surface area (Å²) >= 11 is 0. The number of ketones is 1. The van der Waals surface area contributed by atoms with Crippen LogP contribution in [0.15, 0.2) is 24.3 Å². The van der Waals surface area contributed by atoms with Crippen molar-refractivity contribution in [2.24, 2.45) is 0 Å². The lowest BCUT2D eigenvalue weighted by Crippen LogP contribution is -2.30. The van der Waals surface area contributed by atoms with Crippen molar-refractivity contribution in [1.29, 1.82) is 0 Å². The molecule has 96 valence electrons. The van der Waals surface area contributed by atoms with E-state index in [1.807, 2.05) is 12.1 Å². The maximum atomic E-state index is 11.0. The molecule has 1 aromatic carbocycles. The highest BCUT2D eigenvalue weighted by molar-refractivity contribution is 6.32. The predicted octanol–water partition coefficient (Wildman–Crippen LogP) is 1.87. The number of carbonyl (C=O) groups is 2. The van der Waals surface area contributed by atoms with E-state index in [-0.39, 0.29) is 6.42 Å². The van der Waals surface area contributed by atoms with Crippen LogP contribution in [0.4, 0.5) is 5.69 Å². The molecule has 0 radical (unpaired) electrons. The van der Waals surface area contributed by atoms with Crippen molar-refractivity contribution in [2.75, 3.05) is 18.0 Å². The Bertz CT molecular complexity index is 456. The molecule has 4 nitrogen and oxygen atoms in total. The topological polar surface area (TPSA) is 57.6 Å². The average molecular weight is 247 g/mol. The van der Waals surface area contributed by atoms with Crippen LogP contribution in [0.1, 0.15) is 24.8 Å². The van der Waals surface area contributed by atoms with Crippen molar-refractivity contribution in [3.05, 3.63) is 29.8 Å². The molecule has 0 atom stereocenters. The summed E-state index contributed by atoms with van der Waals surface area (Å²) in [6, 6.07) is 8.27. The molecule has 2 rings (SSSR count). The Morgan fingerprint density at radius 1 is 1.28 bits per heavy atom. The molecule has 1 aromatic rings. The van der Waals surface area contributed by atoms with Gasteiger partial charge in [-0.05, 0) is 30.9 Å². The van der Waals surface area contributed by atoms with Crippen LogP contribution >= 0.6 is 0 Å². The van der Waals surface area contributed by atoms with Gasteiger partial charge in [0, 0.05) is 25.2 Å². The zero-order chi connectivity index (χ0) is 13.0. The molecule has 4 heteroatoms. The van der Waals surface area contributed by atoms with Gasteiger partial charge in [0.1, 0.15) is 0 Å². The van der Waals surface area contributed by atoms with E-state index in [2.05, 4.69) is 17.0 Å². The van der Waals surface area contributed by atoms with Gasteiger partial charge in [-0.2, -0.15) is 0 Å². The molecule has 0 amide bonds. The van der Waals surface area contributed by atoms with Gasteiger partial charge in [0.05, 0.1) is 0 Å². The highest BCUT2D eigenvalue weighted by Crippen LogP contribution is 2.26. The SMILES string of the molecule is O=C(O)C(=O)CCCN1CCCc2ccccc21. The summed E-state index contributed by atoms with van der Waals surface area (Å²) < 4.78 is 0. The maximum Gasteiger partial charge on any atom is 0.372 e. The second kappa shape index (κ2) is 5.67. The first-order valence-corrected chi connectivity index (χ1v) is 6.27. The number of aryl methyl sites for hydroxylation is 1. The molecule has 0 saturated carbocycles. The molecule has 1 heterocycles. The lowest BCUT2D eigenvalue weighted by molar-refractivity contribution is -0.149. The lowest BCUT2D eigenvalue weighted by atomic mass is 10.0. The quantitative estimate of drug-likeness (QED) is 0.807. The number of aliphatic carboxylic acids is 1. The zero-order valence-corrected chi connectivity index (χ0v) is 10.3. The van der Waals surface area contributed by atoms with Crippen molar-refractivity contribution in [3.63, 3.8) is 0 Å². The first kappa shape index (κ1) is 12.6. The minimum Gasteiger partial charge on any atom is -0.476 e. The number of hydrogen-bond acceptors (Lipinski definition) is 3. The largest absolute Gasteiger partial charge is 0.476 e. The minimum atomic E-state index is -1.32. The lowest BCUT2D eigenvalue weighted by Gasteiger charge is -2.31. The van der Waals surface area contributed by atoms with E-state index in [0.29, 0.717) is 6.42 Å². The number of para-hydroxylation sites is 1. The van der Waals surface area contributed by atoms with E-state index in [1.165, 1.54) is 11.3 Å². The fraction of sp³-hybridized carbons (Fsp3) is 0.429. The number of carboxylic acid groups (broad SMARTS) is 1. The Balaban J connectivity index is 1.92. The van der Waals surface area contributed by atoms with Crippen LogP contribution in [0.25, 0.3) is 0 Å². The molecule has 0 aromatic heterocycles. The molecule has 18 heavy (non-hydrogen) atoms. The molecule has 0 saturated heterocycles. The third-order valence-electron chi connectivity index (χ3n) is 3.28. The second-order valence-corrected chi connectivity index (χ2v) is 4.55. The summed E-state index contributed by atoms with van der Waals surface area (Å²) in [4.78, 5) is 23.7. The van der Waals surface area contributed by atoms with Gasteiger partial charge in [0.25, 0.3) is 0 Å². The third kappa shape index (κ3) is 2.88. The normalized spacial score (nSPS) is 14.1. The van der Waals surface area contributed by atoms with Crippen LogP contribution in [0.3, 0.4) is 0 Å². The number of fused-ring (bicyclic) bond motifs is 1. The fourth-order valence-corrected chi connectivity index (χ4v) is 2.38. The number of carboxylic acids is 1. The van der Waals surface area contributed by atoms with Crippen LogP contribution in [0.2, 0.25) is 0 Å². The Morgan fingerprint density at radius 3 is 2.83 bits per heavy atom. The molecule has 1 aliphatic heterocycles. The molecule has 1 N–H and O–H groups in total. The van der Waals surface area contributed by atoms with Crippen LogP contribution in [0, 0.1) is 0 Å².